The standard InChI is InChI=1S/C16H33N3O2.HI/c1-4-17-15(18-11-13-21-5-2)19-14-16(10-12-20-3)8-6-7-9-16;/h4-14H2,1-3H3,(H2,17,18,19);1H. The summed E-state index contributed by atoms with van der Waals surface area (Å²) in [5, 5.41) is 6.64. The molecular formula is C16H34IN3O2. The number of hydrogen-bond donors (Lipinski definition) is 2. The largest absolute Gasteiger partial charge is 0.385 e. The molecule has 0 amide bonds. The molecule has 0 bridgehead atoms. The topological polar surface area (TPSA) is 54.9 Å². The summed E-state index contributed by atoms with van der Waals surface area (Å²) in [7, 11) is 1.78. The number of rotatable bonds is 10. The first-order valence-corrected chi connectivity index (χ1v) is 8.35. The van der Waals surface area contributed by atoms with Gasteiger partial charge < -0.3 is 20.1 Å². The van der Waals surface area contributed by atoms with Crippen LogP contribution in [-0.4, -0.2) is 52.5 Å². The Bertz CT molecular complexity index is 295. The molecule has 0 spiro atoms. The van der Waals surface area contributed by atoms with Crippen molar-refractivity contribution in [3.63, 3.8) is 0 Å². The van der Waals surface area contributed by atoms with E-state index in [1.165, 1.54) is 25.7 Å². The second kappa shape index (κ2) is 13.4. The average Bonchev–Trinajstić information content (AvgIpc) is 2.96. The maximum Gasteiger partial charge on any atom is 0.191 e. The third-order valence-electron chi connectivity index (χ3n) is 4.16. The lowest BCUT2D eigenvalue weighted by atomic mass is 9.83. The third kappa shape index (κ3) is 8.53. The Morgan fingerprint density at radius 2 is 1.86 bits per heavy atom. The Balaban J connectivity index is 0.00000441. The van der Waals surface area contributed by atoms with Crippen LogP contribution < -0.4 is 10.6 Å². The van der Waals surface area contributed by atoms with Gasteiger partial charge in [0.25, 0.3) is 0 Å². The van der Waals surface area contributed by atoms with Gasteiger partial charge in [-0.3, -0.25) is 4.99 Å². The van der Waals surface area contributed by atoms with E-state index in [0.717, 1.165) is 51.8 Å². The number of guanidine groups is 1. The predicted molar refractivity (Wildman–Crippen MR) is 103 cm³/mol. The maximum absolute atomic E-state index is 5.35. The van der Waals surface area contributed by atoms with Crippen LogP contribution in [0.4, 0.5) is 0 Å². The monoisotopic (exact) mass is 427 g/mol. The van der Waals surface area contributed by atoms with Gasteiger partial charge in [-0.05, 0) is 38.5 Å². The third-order valence-corrected chi connectivity index (χ3v) is 4.16. The van der Waals surface area contributed by atoms with Crippen molar-refractivity contribution in [1.29, 1.82) is 0 Å². The van der Waals surface area contributed by atoms with E-state index >= 15 is 0 Å². The minimum Gasteiger partial charge on any atom is -0.385 e. The van der Waals surface area contributed by atoms with Crippen LogP contribution in [0.2, 0.25) is 0 Å². The van der Waals surface area contributed by atoms with Crippen molar-refractivity contribution in [3.8, 4) is 0 Å². The molecule has 1 fully saturated rings. The molecular weight excluding hydrogens is 393 g/mol. The van der Waals surface area contributed by atoms with Crippen molar-refractivity contribution in [2.24, 2.45) is 10.4 Å². The number of hydrogen-bond acceptors (Lipinski definition) is 3. The number of aliphatic imine (C=N–C) groups is 1. The fraction of sp³-hybridized carbons (Fsp3) is 0.938. The first kappa shape index (κ1) is 21.9. The lowest BCUT2D eigenvalue weighted by Crippen LogP contribution is -2.40. The number of nitrogens with one attached hydrogen (secondary N) is 2. The molecule has 132 valence electrons. The highest BCUT2D eigenvalue weighted by molar-refractivity contribution is 14.0. The van der Waals surface area contributed by atoms with Crippen molar-refractivity contribution in [2.45, 2.75) is 46.0 Å². The van der Waals surface area contributed by atoms with Gasteiger partial charge in [-0.2, -0.15) is 0 Å². The zero-order valence-corrected chi connectivity index (χ0v) is 16.8. The molecule has 5 nitrogen and oxygen atoms in total. The molecule has 1 saturated carbocycles. The van der Waals surface area contributed by atoms with Crippen LogP contribution in [-0.2, 0) is 9.47 Å². The smallest absolute Gasteiger partial charge is 0.191 e. The molecule has 0 atom stereocenters. The highest BCUT2D eigenvalue weighted by Gasteiger charge is 2.33. The Hall–Kier alpha value is -0.0800. The highest BCUT2D eigenvalue weighted by atomic mass is 127. The fourth-order valence-electron chi connectivity index (χ4n) is 2.91. The van der Waals surface area contributed by atoms with E-state index in [-0.39, 0.29) is 24.0 Å². The van der Waals surface area contributed by atoms with Gasteiger partial charge in [-0.25, -0.2) is 0 Å². The summed E-state index contributed by atoms with van der Waals surface area (Å²) in [6.45, 7) is 8.99. The quantitative estimate of drug-likeness (QED) is 0.244. The summed E-state index contributed by atoms with van der Waals surface area (Å²) in [6, 6.07) is 0. The Labute approximate surface area is 153 Å². The normalized spacial score (nSPS) is 17.1. The van der Waals surface area contributed by atoms with E-state index < -0.39 is 0 Å². The van der Waals surface area contributed by atoms with Crippen LogP contribution in [0.15, 0.2) is 4.99 Å². The van der Waals surface area contributed by atoms with Crippen molar-refractivity contribution in [3.05, 3.63) is 0 Å². The van der Waals surface area contributed by atoms with Crippen molar-refractivity contribution in [2.75, 3.05) is 46.6 Å². The summed E-state index contributed by atoms with van der Waals surface area (Å²) in [5.74, 6) is 0.904. The van der Waals surface area contributed by atoms with Gasteiger partial charge in [0.15, 0.2) is 5.96 Å². The van der Waals surface area contributed by atoms with E-state index in [4.69, 9.17) is 14.5 Å². The molecule has 6 heteroatoms. The first-order valence-electron chi connectivity index (χ1n) is 8.35. The molecule has 0 aromatic carbocycles. The minimum atomic E-state index is 0. The molecule has 22 heavy (non-hydrogen) atoms. The van der Waals surface area contributed by atoms with Gasteiger partial charge in [0.1, 0.15) is 0 Å². The number of ether oxygens (including phenoxy) is 2. The van der Waals surface area contributed by atoms with Crippen LogP contribution in [0.1, 0.15) is 46.0 Å². The van der Waals surface area contributed by atoms with Gasteiger partial charge in [0, 0.05) is 40.0 Å². The fourth-order valence-corrected chi connectivity index (χ4v) is 2.91. The van der Waals surface area contributed by atoms with Crippen LogP contribution in [0.5, 0.6) is 0 Å². The van der Waals surface area contributed by atoms with Crippen molar-refractivity contribution < 1.29 is 9.47 Å². The molecule has 1 aliphatic rings. The highest BCUT2D eigenvalue weighted by Crippen LogP contribution is 2.41. The van der Waals surface area contributed by atoms with E-state index in [1.54, 1.807) is 7.11 Å². The van der Waals surface area contributed by atoms with Crippen molar-refractivity contribution >= 4 is 29.9 Å². The Kier molecular flexibility index (Phi) is 13.3. The second-order valence-corrected chi connectivity index (χ2v) is 5.77. The maximum atomic E-state index is 5.35. The van der Waals surface area contributed by atoms with E-state index in [9.17, 15) is 0 Å². The molecule has 0 aromatic heterocycles. The van der Waals surface area contributed by atoms with E-state index in [2.05, 4.69) is 17.6 Å². The van der Waals surface area contributed by atoms with Gasteiger partial charge in [0.05, 0.1) is 6.61 Å². The van der Waals surface area contributed by atoms with Crippen LogP contribution >= 0.6 is 24.0 Å². The molecule has 0 radical (unpaired) electrons. The Morgan fingerprint density at radius 3 is 2.45 bits per heavy atom. The van der Waals surface area contributed by atoms with Crippen LogP contribution in [0.3, 0.4) is 0 Å². The Morgan fingerprint density at radius 1 is 1.14 bits per heavy atom. The van der Waals surface area contributed by atoms with Gasteiger partial charge in [-0.1, -0.05) is 12.8 Å². The summed E-state index contributed by atoms with van der Waals surface area (Å²) in [5.41, 5.74) is 0.346. The summed E-state index contributed by atoms with van der Waals surface area (Å²) in [4.78, 5) is 4.80. The zero-order chi connectivity index (χ0) is 15.4. The molecule has 1 rings (SSSR count). The average molecular weight is 427 g/mol. The first-order chi connectivity index (χ1) is 10.3. The minimum absolute atomic E-state index is 0. The van der Waals surface area contributed by atoms with Gasteiger partial charge in [0.2, 0.25) is 0 Å². The van der Waals surface area contributed by atoms with E-state index in [0.29, 0.717) is 5.41 Å². The van der Waals surface area contributed by atoms with Gasteiger partial charge in [-0.15, -0.1) is 24.0 Å². The lowest BCUT2D eigenvalue weighted by molar-refractivity contribution is 0.141. The summed E-state index contributed by atoms with van der Waals surface area (Å²) in [6.07, 6.45) is 6.32. The SMILES string of the molecule is CCNC(=NCC1(CCOC)CCCC1)NCCOCC.I. The number of methoxy groups -OCH3 is 1. The molecule has 0 unspecified atom stereocenters. The number of nitrogens with zero attached hydrogens (tertiary/aromatic N) is 1. The molecule has 2 N–H and O–H groups in total. The molecule has 0 saturated heterocycles. The summed E-state index contributed by atoms with van der Waals surface area (Å²) >= 11 is 0. The van der Waals surface area contributed by atoms with Crippen molar-refractivity contribution in [1.82, 2.24) is 10.6 Å². The molecule has 1 aliphatic carbocycles. The molecule has 0 heterocycles. The molecule has 0 aliphatic heterocycles. The van der Waals surface area contributed by atoms with Crippen LogP contribution in [0.25, 0.3) is 0 Å². The summed E-state index contributed by atoms with van der Waals surface area (Å²) < 4.78 is 10.6. The second-order valence-electron chi connectivity index (χ2n) is 5.77. The zero-order valence-electron chi connectivity index (χ0n) is 14.5. The van der Waals surface area contributed by atoms with Crippen LogP contribution in [0, 0.1) is 5.41 Å². The molecule has 0 aromatic rings. The predicted octanol–water partition coefficient (Wildman–Crippen LogP) is 2.79. The lowest BCUT2D eigenvalue weighted by Gasteiger charge is -2.27. The van der Waals surface area contributed by atoms with Gasteiger partial charge >= 0.3 is 0 Å². The number of halogens is 1. The van der Waals surface area contributed by atoms with E-state index in [1.807, 2.05) is 6.92 Å².